The van der Waals surface area contributed by atoms with Crippen LogP contribution in [0.3, 0.4) is 0 Å². The number of aromatic nitrogens is 2. The van der Waals surface area contributed by atoms with Crippen LogP contribution >= 0.6 is 0 Å². The maximum absolute atomic E-state index is 12.4. The molecule has 0 aliphatic rings. The van der Waals surface area contributed by atoms with Gasteiger partial charge in [0.25, 0.3) is 5.91 Å². The van der Waals surface area contributed by atoms with E-state index in [-0.39, 0.29) is 5.91 Å². The molecule has 1 aromatic heterocycles. The molecule has 3 aromatic rings. The number of para-hydroxylation sites is 1. The number of carbonyl (C=O) groups is 1. The molecular formula is C22H24N4O. The van der Waals surface area contributed by atoms with E-state index in [1.807, 2.05) is 48.5 Å². The summed E-state index contributed by atoms with van der Waals surface area (Å²) in [5.41, 5.74) is 2.55. The SMILES string of the molecule is CCCCNC(=O)c1cc(N(Cc2ccccc2)c2ccccc2)ncn1. The van der Waals surface area contributed by atoms with Crippen LogP contribution in [0.5, 0.6) is 0 Å². The standard InChI is InChI=1S/C22H24N4O/c1-2-3-14-23-22(27)20-15-21(25-17-24-20)26(19-12-8-5-9-13-19)16-18-10-6-4-7-11-18/h4-13,15,17H,2-3,14,16H2,1H3,(H,23,27). The molecule has 0 unspecified atom stereocenters. The summed E-state index contributed by atoms with van der Waals surface area (Å²) < 4.78 is 0. The van der Waals surface area contributed by atoms with Crippen LogP contribution in [0.2, 0.25) is 0 Å². The van der Waals surface area contributed by atoms with Crippen molar-refractivity contribution in [3.63, 3.8) is 0 Å². The van der Waals surface area contributed by atoms with E-state index in [0.29, 0.717) is 24.6 Å². The van der Waals surface area contributed by atoms with E-state index in [2.05, 4.69) is 39.2 Å². The zero-order valence-corrected chi connectivity index (χ0v) is 15.5. The van der Waals surface area contributed by atoms with Gasteiger partial charge in [-0.25, -0.2) is 9.97 Å². The minimum Gasteiger partial charge on any atom is -0.351 e. The van der Waals surface area contributed by atoms with E-state index < -0.39 is 0 Å². The lowest BCUT2D eigenvalue weighted by Crippen LogP contribution is -2.26. The van der Waals surface area contributed by atoms with Gasteiger partial charge in [-0.2, -0.15) is 0 Å². The molecule has 138 valence electrons. The van der Waals surface area contributed by atoms with Crippen molar-refractivity contribution in [2.75, 3.05) is 11.4 Å². The van der Waals surface area contributed by atoms with Gasteiger partial charge in [-0.3, -0.25) is 4.79 Å². The molecule has 0 fully saturated rings. The monoisotopic (exact) mass is 360 g/mol. The summed E-state index contributed by atoms with van der Waals surface area (Å²) >= 11 is 0. The first-order chi connectivity index (χ1) is 13.3. The van der Waals surface area contributed by atoms with Crippen LogP contribution in [-0.4, -0.2) is 22.4 Å². The Bertz CT molecular complexity index is 852. The molecule has 1 amide bonds. The largest absolute Gasteiger partial charge is 0.351 e. The Balaban J connectivity index is 1.88. The summed E-state index contributed by atoms with van der Waals surface area (Å²) in [5, 5.41) is 2.91. The van der Waals surface area contributed by atoms with Crippen LogP contribution in [0, 0.1) is 0 Å². The number of amides is 1. The molecule has 0 bridgehead atoms. The third-order valence-electron chi connectivity index (χ3n) is 4.23. The van der Waals surface area contributed by atoms with Gasteiger partial charge in [-0.1, -0.05) is 61.9 Å². The molecule has 0 aliphatic carbocycles. The first kappa shape index (κ1) is 18.6. The van der Waals surface area contributed by atoms with Crippen LogP contribution in [-0.2, 0) is 6.54 Å². The molecule has 1 heterocycles. The highest BCUT2D eigenvalue weighted by atomic mass is 16.1. The highest BCUT2D eigenvalue weighted by Gasteiger charge is 2.15. The van der Waals surface area contributed by atoms with Crippen LogP contribution < -0.4 is 10.2 Å². The third-order valence-corrected chi connectivity index (χ3v) is 4.23. The number of anilines is 2. The zero-order chi connectivity index (χ0) is 18.9. The van der Waals surface area contributed by atoms with Gasteiger partial charge < -0.3 is 10.2 Å². The van der Waals surface area contributed by atoms with Crippen molar-refractivity contribution in [1.29, 1.82) is 0 Å². The molecule has 0 spiro atoms. The van der Waals surface area contributed by atoms with E-state index in [4.69, 9.17) is 0 Å². The fraction of sp³-hybridized carbons (Fsp3) is 0.227. The number of unbranched alkanes of at least 4 members (excludes halogenated alkanes) is 1. The first-order valence-electron chi connectivity index (χ1n) is 9.24. The molecule has 5 nitrogen and oxygen atoms in total. The number of hydrogen-bond donors (Lipinski definition) is 1. The second-order valence-electron chi connectivity index (χ2n) is 6.28. The first-order valence-corrected chi connectivity index (χ1v) is 9.24. The molecule has 1 N–H and O–H groups in total. The maximum Gasteiger partial charge on any atom is 0.270 e. The summed E-state index contributed by atoms with van der Waals surface area (Å²) in [5.74, 6) is 0.528. The fourth-order valence-corrected chi connectivity index (χ4v) is 2.77. The number of benzene rings is 2. The average Bonchev–Trinajstić information content (AvgIpc) is 2.73. The van der Waals surface area contributed by atoms with Crippen LogP contribution in [0.15, 0.2) is 73.1 Å². The molecule has 27 heavy (non-hydrogen) atoms. The summed E-state index contributed by atoms with van der Waals surface area (Å²) in [6, 6.07) is 22.0. The normalized spacial score (nSPS) is 10.4. The molecule has 0 radical (unpaired) electrons. The van der Waals surface area contributed by atoms with Crippen molar-refractivity contribution in [1.82, 2.24) is 15.3 Å². The Kier molecular flexibility index (Phi) is 6.52. The minimum atomic E-state index is -0.167. The van der Waals surface area contributed by atoms with E-state index >= 15 is 0 Å². The van der Waals surface area contributed by atoms with Gasteiger partial charge in [0.1, 0.15) is 17.8 Å². The summed E-state index contributed by atoms with van der Waals surface area (Å²) in [6.07, 6.45) is 3.44. The van der Waals surface area contributed by atoms with Gasteiger partial charge in [-0.05, 0) is 24.1 Å². The molecule has 0 aliphatic heterocycles. The second-order valence-corrected chi connectivity index (χ2v) is 6.28. The van der Waals surface area contributed by atoms with Crippen molar-refractivity contribution < 1.29 is 4.79 Å². The summed E-state index contributed by atoms with van der Waals surface area (Å²) in [6.45, 7) is 3.40. The molecule has 2 aromatic carbocycles. The van der Waals surface area contributed by atoms with Crippen LogP contribution in [0.4, 0.5) is 11.5 Å². The predicted molar refractivity (Wildman–Crippen MR) is 108 cm³/mol. The molecule has 3 rings (SSSR count). The zero-order valence-electron chi connectivity index (χ0n) is 15.5. The number of nitrogens with zero attached hydrogens (tertiary/aromatic N) is 3. The molecular weight excluding hydrogens is 336 g/mol. The predicted octanol–water partition coefficient (Wildman–Crippen LogP) is 4.34. The van der Waals surface area contributed by atoms with Crippen molar-refractivity contribution in [2.24, 2.45) is 0 Å². The van der Waals surface area contributed by atoms with Crippen molar-refractivity contribution in [3.05, 3.63) is 84.3 Å². The highest BCUT2D eigenvalue weighted by molar-refractivity contribution is 5.93. The van der Waals surface area contributed by atoms with Crippen molar-refractivity contribution in [3.8, 4) is 0 Å². The summed E-state index contributed by atoms with van der Waals surface area (Å²) in [4.78, 5) is 23.0. The Morgan fingerprint density at radius 1 is 1.00 bits per heavy atom. The molecule has 0 saturated carbocycles. The van der Waals surface area contributed by atoms with E-state index in [9.17, 15) is 4.79 Å². The lowest BCUT2D eigenvalue weighted by Gasteiger charge is -2.24. The maximum atomic E-state index is 12.4. The number of carbonyl (C=O) groups excluding carboxylic acids is 1. The van der Waals surface area contributed by atoms with Crippen LogP contribution in [0.25, 0.3) is 0 Å². The summed E-state index contributed by atoms with van der Waals surface area (Å²) in [7, 11) is 0. The quantitative estimate of drug-likeness (QED) is 0.607. The van der Waals surface area contributed by atoms with E-state index in [1.54, 1.807) is 6.07 Å². The highest BCUT2D eigenvalue weighted by Crippen LogP contribution is 2.25. The Labute approximate surface area is 160 Å². The van der Waals surface area contributed by atoms with Gasteiger partial charge >= 0.3 is 0 Å². The van der Waals surface area contributed by atoms with Crippen molar-refractivity contribution in [2.45, 2.75) is 26.3 Å². The smallest absolute Gasteiger partial charge is 0.270 e. The van der Waals surface area contributed by atoms with Gasteiger partial charge in [0, 0.05) is 24.8 Å². The van der Waals surface area contributed by atoms with Gasteiger partial charge in [0.2, 0.25) is 0 Å². The van der Waals surface area contributed by atoms with E-state index in [0.717, 1.165) is 24.1 Å². The number of hydrogen-bond acceptors (Lipinski definition) is 4. The Morgan fingerprint density at radius 3 is 2.41 bits per heavy atom. The third kappa shape index (κ3) is 5.14. The number of rotatable bonds is 8. The number of nitrogens with one attached hydrogen (secondary N) is 1. The molecule has 0 atom stereocenters. The fourth-order valence-electron chi connectivity index (χ4n) is 2.77. The van der Waals surface area contributed by atoms with Gasteiger partial charge in [0.15, 0.2) is 0 Å². The molecule has 0 saturated heterocycles. The lowest BCUT2D eigenvalue weighted by molar-refractivity contribution is 0.0948. The van der Waals surface area contributed by atoms with E-state index in [1.165, 1.54) is 6.33 Å². The topological polar surface area (TPSA) is 58.1 Å². The van der Waals surface area contributed by atoms with Gasteiger partial charge in [0.05, 0.1) is 0 Å². The minimum absolute atomic E-state index is 0.167. The molecule has 5 heteroatoms. The Morgan fingerprint density at radius 2 is 1.70 bits per heavy atom. The van der Waals surface area contributed by atoms with Crippen molar-refractivity contribution >= 4 is 17.4 Å². The van der Waals surface area contributed by atoms with Crippen LogP contribution in [0.1, 0.15) is 35.8 Å². The Hall–Kier alpha value is -3.21. The lowest BCUT2D eigenvalue weighted by atomic mass is 10.2. The average molecular weight is 360 g/mol. The van der Waals surface area contributed by atoms with Gasteiger partial charge in [-0.15, -0.1) is 0 Å². The second kappa shape index (κ2) is 9.48.